The summed E-state index contributed by atoms with van der Waals surface area (Å²) in [4.78, 5) is 39.2. The van der Waals surface area contributed by atoms with Crippen LogP contribution in [0.5, 0.6) is 0 Å². The van der Waals surface area contributed by atoms with Gasteiger partial charge >= 0.3 is 0 Å². The number of aryl methyl sites for hydroxylation is 2. The molecule has 2 heterocycles. The fourth-order valence-electron chi connectivity index (χ4n) is 4.18. The van der Waals surface area contributed by atoms with Crippen molar-refractivity contribution in [3.05, 3.63) is 115 Å². The number of carbonyl (C=O) groups excluding carboxylic acids is 1. The Hall–Kier alpha value is -4.26. The van der Waals surface area contributed by atoms with E-state index in [1.165, 1.54) is 17.0 Å². The van der Waals surface area contributed by atoms with E-state index in [1.807, 2.05) is 19.9 Å². The van der Waals surface area contributed by atoms with Crippen LogP contribution in [-0.2, 0) is 0 Å². The third-order valence-electron chi connectivity index (χ3n) is 5.94. The molecular weight excluding hydrogens is 408 g/mol. The zero-order chi connectivity index (χ0) is 22.6. The van der Waals surface area contributed by atoms with Gasteiger partial charge in [0.15, 0.2) is 5.43 Å². The Morgan fingerprint density at radius 2 is 1.59 bits per heavy atom. The Labute approximate surface area is 182 Å². The first-order valence-corrected chi connectivity index (χ1v) is 10.1. The smallest absolute Gasteiger partial charge is 0.295 e. The van der Waals surface area contributed by atoms with Crippen LogP contribution in [-0.4, -0.2) is 10.8 Å². The number of anilines is 1. The van der Waals surface area contributed by atoms with E-state index >= 15 is 0 Å². The molecule has 0 saturated carbocycles. The second kappa shape index (κ2) is 7.16. The summed E-state index contributed by atoms with van der Waals surface area (Å²) >= 11 is 0. The highest BCUT2D eigenvalue weighted by atomic mass is 16.6. The number of benzene rings is 3. The molecule has 0 aliphatic carbocycles. The number of para-hydroxylation sites is 1. The molecule has 1 aromatic heterocycles. The number of non-ortho nitro benzene ring substituents is 1. The van der Waals surface area contributed by atoms with Crippen molar-refractivity contribution in [1.82, 2.24) is 0 Å². The molecule has 0 bridgehead atoms. The first kappa shape index (κ1) is 19.7. The van der Waals surface area contributed by atoms with Crippen LogP contribution in [0.3, 0.4) is 0 Å². The number of carbonyl (C=O) groups is 1. The fourth-order valence-corrected chi connectivity index (χ4v) is 4.18. The van der Waals surface area contributed by atoms with E-state index in [9.17, 15) is 19.7 Å². The van der Waals surface area contributed by atoms with Gasteiger partial charge in [-0.15, -0.1) is 0 Å². The first-order chi connectivity index (χ1) is 15.4. The third-order valence-corrected chi connectivity index (χ3v) is 5.94. The van der Waals surface area contributed by atoms with Gasteiger partial charge in [0.25, 0.3) is 11.6 Å². The number of nitrogens with zero attached hydrogens (tertiary/aromatic N) is 2. The molecule has 0 saturated heterocycles. The van der Waals surface area contributed by atoms with Gasteiger partial charge in [-0.3, -0.25) is 24.6 Å². The summed E-state index contributed by atoms with van der Waals surface area (Å²) in [6.45, 7) is 3.83. The predicted molar refractivity (Wildman–Crippen MR) is 120 cm³/mol. The van der Waals surface area contributed by atoms with Gasteiger partial charge in [0.2, 0.25) is 5.76 Å². The highest BCUT2D eigenvalue weighted by molar-refractivity contribution is 6.10. The topological polar surface area (TPSA) is 93.7 Å². The molecule has 7 heteroatoms. The van der Waals surface area contributed by atoms with Crippen molar-refractivity contribution < 1.29 is 14.1 Å². The van der Waals surface area contributed by atoms with E-state index < -0.39 is 16.9 Å². The molecule has 5 rings (SSSR count). The lowest BCUT2D eigenvalue weighted by molar-refractivity contribution is -0.384. The highest BCUT2D eigenvalue weighted by Crippen LogP contribution is 2.41. The van der Waals surface area contributed by atoms with Crippen molar-refractivity contribution in [1.29, 1.82) is 0 Å². The molecule has 158 valence electrons. The summed E-state index contributed by atoms with van der Waals surface area (Å²) in [6, 6.07) is 17.7. The molecule has 32 heavy (non-hydrogen) atoms. The van der Waals surface area contributed by atoms with Gasteiger partial charge in [-0.05, 0) is 66.9 Å². The molecule has 0 spiro atoms. The zero-order valence-electron chi connectivity index (χ0n) is 17.4. The van der Waals surface area contributed by atoms with Gasteiger partial charge in [-0.25, -0.2) is 0 Å². The van der Waals surface area contributed by atoms with Crippen molar-refractivity contribution in [3.8, 4) is 0 Å². The number of amides is 1. The van der Waals surface area contributed by atoms with Gasteiger partial charge in [0.05, 0.1) is 21.9 Å². The van der Waals surface area contributed by atoms with Crippen LogP contribution in [0.2, 0.25) is 0 Å². The van der Waals surface area contributed by atoms with Crippen molar-refractivity contribution in [2.75, 3.05) is 4.90 Å². The summed E-state index contributed by atoms with van der Waals surface area (Å²) in [5, 5.41) is 11.5. The number of nitro groups is 1. The van der Waals surface area contributed by atoms with Crippen LogP contribution in [0.4, 0.5) is 11.4 Å². The summed E-state index contributed by atoms with van der Waals surface area (Å²) in [5.74, 6) is -0.426. The molecule has 3 aromatic carbocycles. The van der Waals surface area contributed by atoms with E-state index in [2.05, 4.69) is 0 Å². The molecular formula is C25H18N2O5. The molecule has 1 atom stereocenters. The Balaban J connectivity index is 1.80. The monoisotopic (exact) mass is 426 g/mol. The van der Waals surface area contributed by atoms with Gasteiger partial charge in [-0.1, -0.05) is 18.2 Å². The second-order valence-corrected chi connectivity index (χ2v) is 7.87. The first-order valence-electron chi connectivity index (χ1n) is 10.1. The second-order valence-electron chi connectivity index (χ2n) is 7.87. The van der Waals surface area contributed by atoms with Gasteiger partial charge in [0.1, 0.15) is 5.58 Å². The lowest BCUT2D eigenvalue weighted by Crippen LogP contribution is -2.29. The number of hydrogen-bond donors (Lipinski definition) is 0. The SMILES string of the molecule is Cc1cc2oc3c(c(=O)c2cc1C)C(c1ccc([N+](=O)[O-])cc1)N(c1ccccc1)C3=O. The van der Waals surface area contributed by atoms with Crippen LogP contribution < -0.4 is 10.3 Å². The molecule has 0 N–H and O–H groups in total. The van der Waals surface area contributed by atoms with Crippen LogP contribution in [0.1, 0.15) is 38.9 Å². The Bertz CT molecular complexity index is 1460. The van der Waals surface area contributed by atoms with E-state index in [1.54, 1.807) is 48.5 Å². The Morgan fingerprint density at radius 1 is 0.938 bits per heavy atom. The zero-order valence-corrected chi connectivity index (χ0v) is 17.4. The molecule has 1 amide bonds. The predicted octanol–water partition coefficient (Wildman–Crippen LogP) is 5.07. The lowest BCUT2D eigenvalue weighted by Gasteiger charge is -2.25. The van der Waals surface area contributed by atoms with Gasteiger partial charge < -0.3 is 4.42 Å². The van der Waals surface area contributed by atoms with Crippen molar-refractivity contribution in [3.63, 3.8) is 0 Å². The molecule has 1 aliphatic heterocycles. The van der Waals surface area contributed by atoms with Gasteiger partial charge in [-0.2, -0.15) is 0 Å². The minimum Gasteiger partial charge on any atom is -0.450 e. The molecule has 7 nitrogen and oxygen atoms in total. The fraction of sp³-hybridized carbons (Fsp3) is 0.120. The standard InChI is InChI=1S/C25H18N2O5/c1-14-12-19-20(13-15(14)2)32-24-21(23(19)28)22(16-8-10-18(11-9-16)27(30)31)26(25(24)29)17-6-4-3-5-7-17/h3-13,22H,1-2H3. The van der Waals surface area contributed by atoms with Crippen molar-refractivity contribution >= 4 is 28.3 Å². The van der Waals surface area contributed by atoms with Gasteiger partial charge in [0, 0.05) is 17.8 Å². The number of rotatable bonds is 3. The van der Waals surface area contributed by atoms with E-state index in [0.29, 0.717) is 22.2 Å². The molecule has 1 unspecified atom stereocenters. The van der Waals surface area contributed by atoms with Crippen molar-refractivity contribution in [2.45, 2.75) is 19.9 Å². The largest absolute Gasteiger partial charge is 0.450 e. The summed E-state index contributed by atoms with van der Waals surface area (Å²) < 4.78 is 6.00. The average molecular weight is 426 g/mol. The molecule has 1 aliphatic rings. The average Bonchev–Trinajstić information content (AvgIpc) is 3.08. The maximum atomic E-state index is 13.6. The van der Waals surface area contributed by atoms with Crippen LogP contribution >= 0.6 is 0 Å². The summed E-state index contributed by atoms with van der Waals surface area (Å²) in [7, 11) is 0. The van der Waals surface area contributed by atoms with Crippen LogP contribution in [0.15, 0.2) is 75.9 Å². The normalized spacial score (nSPS) is 15.2. The number of nitro benzene ring substituents is 1. The maximum absolute atomic E-state index is 13.6. The van der Waals surface area contributed by atoms with Crippen molar-refractivity contribution in [2.24, 2.45) is 0 Å². The molecule has 4 aromatic rings. The van der Waals surface area contributed by atoms with E-state index in [0.717, 1.165) is 11.1 Å². The summed E-state index contributed by atoms with van der Waals surface area (Å²) in [5.41, 5.74) is 3.34. The number of fused-ring (bicyclic) bond motifs is 2. The van der Waals surface area contributed by atoms with E-state index in [4.69, 9.17) is 4.42 Å². The summed E-state index contributed by atoms with van der Waals surface area (Å²) in [6.07, 6.45) is 0. The minimum atomic E-state index is -0.761. The Kier molecular flexibility index (Phi) is 4.41. The van der Waals surface area contributed by atoms with Crippen LogP contribution in [0.25, 0.3) is 11.0 Å². The maximum Gasteiger partial charge on any atom is 0.295 e. The minimum absolute atomic E-state index is 0.00189. The van der Waals surface area contributed by atoms with E-state index in [-0.39, 0.29) is 22.4 Å². The number of hydrogen-bond acceptors (Lipinski definition) is 5. The molecule has 0 radical (unpaired) electrons. The highest BCUT2D eigenvalue weighted by Gasteiger charge is 2.43. The third kappa shape index (κ3) is 2.90. The Morgan fingerprint density at radius 3 is 2.25 bits per heavy atom. The quantitative estimate of drug-likeness (QED) is 0.337. The molecule has 0 fully saturated rings. The lowest BCUT2D eigenvalue weighted by atomic mass is 9.97. The van der Waals surface area contributed by atoms with Crippen LogP contribution in [0, 0.1) is 24.0 Å².